The summed E-state index contributed by atoms with van der Waals surface area (Å²) in [5, 5.41) is 3.45. The third-order valence-corrected chi connectivity index (χ3v) is 5.60. The third-order valence-electron chi connectivity index (χ3n) is 4.17. The molecule has 146 valence electrons. The van der Waals surface area contributed by atoms with Crippen LogP contribution in [0.15, 0.2) is 46.9 Å². The number of benzene rings is 2. The summed E-state index contributed by atoms with van der Waals surface area (Å²) in [6, 6.07) is 12.0. The molecule has 0 aliphatic heterocycles. The summed E-state index contributed by atoms with van der Waals surface area (Å²) >= 11 is 4.93. The smallest absolute Gasteiger partial charge is 0.250 e. The van der Waals surface area contributed by atoms with E-state index < -0.39 is 0 Å². The molecule has 0 radical (unpaired) electrons. The minimum atomic E-state index is -0.225. The molecule has 1 aromatic heterocycles. The van der Waals surface area contributed by atoms with Gasteiger partial charge in [-0.2, -0.15) is 0 Å². The summed E-state index contributed by atoms with van der Waals surface area (Å²) in [5.74, 6) is 0.516. The predicted octanol–water partition coefficient (Wildman–Crippen LogP) is 6.41. The van der Waals surface area contributed by atoms with Crippen LogP contribution in [0, 0.1) is 0 Å². The second-order valence-electron chi connectivity index (χ2n) is 7.39. The SMILES string of the molecule is CCOc1ccc(Br)cc1/C=C/C(=O)Nc1nc2ccc(C(C)(C)C)cc2s1. The topological polar surface area (TPSA) is 51.2 Å². The number of carbonyl (C=O) groups excluding carboxylic acids is 1. The number of nitrogens with zero attached hydrogens (tertiary/aromatic N) is 1. The fourth-order valence-corrected chi connectivity index (χ4v) is 3.98. The highest BCUT2D eigenvalue weighted by Crippen LogP contribution is 2.31. The number of hydrogen-bond acceptors (Lipinski definition) is 4. The van der Waals surface area contributed by atoms with E-state index in [0.29, 0.717) is 11.7 Å². The van der Waals surface area contributed by atoms with E-state index in [-0.39, 0.29) is 11.3 Å². The molecular formula is C22H23BrN2O2S. The van der Waals surface area contributed by atoms with Gasteiger partial charge in [-0.25, -0.2) is 4.98 Å². The van der Waals surface area contributed by atoms with E-state index in [4.69, 9.17) is 4.74 Å². The van der Waals surface area contributed by atoms with Gasteiger partial charge in [-0.05, 0) is 54.3 Å². The Labute approximate surface area is 177 Å². The molecule has 0 atom stereocenters. The van der Waals surface area contributed by atoms with Crippen molar-refractivity contribution in [2.75, 3.05) is 11.9 Å². The van der Waals surface area contributed by atoms with E-state index in [1.165, 1.54) is 23.0 Å². The standard InChI is InChI=1S/C22H23BrN2O2S/c1-5-27-18-10-8-16(23)12-14(18)6-11-20(26)25-21-24-17-9-7-15(22(2,3)4)13-19(17)28-21/h6-13H,5H2,1-4H3,(H,24,25,26)/b11-6+. The fourth-order valence-electron chi connectivity index (χ4n) is 2.69. The fraction of sp³-hybridized carbons (Fsp3) is 0.273. The van der Waals surface area contributed by atoms with Gasteiger partial charge >= 0.3 is 0 Å². The van der Waals surface area contributed by atoms with Crippen molar-refractivity contribution in [2.45, 2.75) is 33.1 Å². The summed E-state index contributed by atoms with van der Waals surface area (Å²) in [5.41, 5.74) is 3.06. The molecule has 0 aliphatic rings. The molecule has 1 N–H and O–H groups in total. The van der Waals surface area contributed by atoms with Crippen molar-refractivity contribution in [1.82, 2.24) is 4.98 Å². The molecule has 0 aliphatic carbocycles. The third kappa shape index (κ3) is 5.00. The van der Waals surface area contributed by atoms with Crippen molar-refractivity contribution in [1.29, 1.82) is 0 Å². The van der Waals surface area contributed by atoms with Crippen LogP contribution >= 0.6 is 27.3 Å². The summed E-state index contributed by atoms with van der Waals surface area (Å²) < 4.78 is 7.60. The van der Waals surface area contributed by atoms with Crippen LogP contribution in [0.2, 0.25) is 0 Å². The Morgan fingerprint density at radius 2 is 2.04 bits per heavy atom. The maximum atomic E-state index is 12.4. The average molecular weight is 459 g/mol. The molecule has 0 unspecified atom stereocenters. The monoisotopic (exact) mass is 458 g/mol. The van der Waals surface area contributed by atoms with Crippen LogP contribution in [0.5, 0.6) is 5.75 Å². The second kappa shape index (κ2) is 8.45. The Balaban J connectivity index is 1.76. The van der Waals surface area contributed by atoms with Gasteiger partial charge in [0.25, 0.3) is 0 Å². The molecule has 28 heavy (non-hydrogen) atoms. The van der Waals surface area contributed by atoms with Gasteiger partial charge in [-0.1, -0.05) is 54.1 Å². The Morgan fingerprint density at radius 3 is 2.75 bits per heavy atom. The van der Waals surface area contributed by atoms with Gasteiger partial charge in [-0.3, -0.25) is 10.1 Å². The quantitative estimate of drug-likeness (QED) is 0.449. The van der Waals surface area contributed by atoms with E-state index in [1.807, 2.05) is 31.2 Å². The highest BCUT2D eigenvalue weighted by molar-refractivity contribution is 9.10. The highest BCUT2D eigenvalue weighted by Gasteiger charge is 2.15. The van der Waals surface area contributed by atoms with Crippen LogP contribution in [-0.2, 0) is 10.2 Å². The highest BCUT2D eigenvalue weighted by atomic mass is 79.9. The molecule has 3 rings (SSSR count). The van der Waals surface area contributed by atoms with Gasteiger partial charge in [0.2, 0.25) is 5.91 Å². The summed E-state index contributed by atoms with van der Waals surface area (Å²) in [6.07, 6.45) is 3.24. The van der Waals surface area contributed by atoms with Crippen LogP contribution in [0.1, 0.15) is 38.8 Å². The van der Waals surface area contributed by atoms with Crippen molar-refractivity contribution in [2.24, 2.45) is 0 Å². The van der Waals surface area contributed by atoms with E-state index >= 15 is 0 Å². The summed E-state index contributed by atoms with van der Waals surface area (Å²) in [4.78, 5) is 16.9. The molecule has 0 saturated carbocycles. The maximum Gasteiger partial charge on any atom is 0.250 e. The Morgan fingerprint density at radius 1 is 1.25 bits per heavy atom. The first-order valence-electron chi connectivity index (χ1n) is 9.09. The molecule has 0 fully saturated rings. The minimum absolute atomic E-state index is 0.0759. The molecule has 0 spiro atoms. The molecule has 3 aromatic rings. The molecule has 6 heteroatoms. The van der Waals surface area contributed by atoms with Crippen LogP contribution in [0.3, 0.4) is 0 Å². The molecule has 4 nitrogen and oxygen atoms in total. The van der Waals surface area contributed by atoms with E-state index in [2.05, 4.69) is 59.1 Å². The van der Waals surface area contributed by atoms with Crippen LogP contribution < -0.4 is 10.1 Å². The van der Waals surface area contributed by atoms with Gasteiger partial charge in [0.15, 0.2) is 5.13 Å². The minimum Gasteiger partial charge on any atom is -0.493 e. The van der Waals surface area contributed by atoms with Crippen molar-refractivity contribution < 1.29 is 9.53 Å². The van der Waals surface area contributed by atoms with Crippen LogP contribution in [-0.4, -0.2) is 17.5 Å². The van der Waals surface area contributed by atoms with Gasteiger partial charge in [0.05, 0.1) is 16.8 Å². The van der Waals surface area contributed by atoms with Gasteiger partial charge in [0, 0.05) is 16.1 Å². The Kier molecular flexibility index (Phi) is 6.20. The number of thiazole rings is 1. The average Bonchev–Trinajstić information content (AvgIpc) is 3.02. The zero-order valence-electron chi connectivity index (χ0n) is 16.4. The lowest BCUT2D eigenvalue weighted by atomic mass is 9.87. The first kappa shape index (κ1) is 20.6. The number of anilines is 1. The molecule has 1 heterocycles. The zero-order valence-corrected chi connectivity index (χ0v) is 18.8. The van der Waals surface area contributed by atoms with Crippen molar-refractivity contribution >= 4 is 54.6 Å². The number of nitrogens with one attached hydrogen (secondary N) is 1. The van der Waals surface area contributed by atoms with E-state index in [1.54, 1.807) is 6.08 Å². The summed E-state index contributed by atoms with van der Waals surface area (Å²) in [6.45, 7) is 9.04. The van der Waals surface area contributed by atoms with Crippen LogP contribution in [0.25, 0.3) is 16.3 Å². The van der Waals surface area contributed by atoms with Gasteiger partial charge in [0.1, 0.15) is 5.75 Å². The lowest BCUT2D eigenvalue weighted by molar-refractivity contribution is -0.111. The number of amides is 1. The van der Waals surface area contributed by atoms with Crippen molar-refractivity contribution in [3.05, 3.63) is 58.1 Å². The van der Waals surface area contributed by atoms with Crippen molar-refractivity contribution in [3.8, 4) is 5.75 Å². The first-order valence-corrected chi connectivity index (χ1v) is 10.7. The number of hydrogen-bond donors (Lipinski definition) is 1. The molecule has 0 bridgehead atoms. The normalized spacial score (nSPS) is 11.9. The number of rotatable bonds is 5. The number of aromatic nitrogens is 1. The number of ether oxygens (including phenoxy) is 1. The Hall–Kier alpha value is -2.18. The number of carbonyl (C=O) groups is 1. The molecule has 2 aromatic carbocycles. The lowest BCUT2D eigenvalue weighted by Crippen LogP contribution is -2.10. The molecule has 1 amide bonds. The van der Waals surface area contributed by atoms with Gasteiger partial charge in [-0.15, -0.1) is 0 Å². The second-order valence-corrected chi connectivity index (χ2v) is 9.34. The van der Waals surface area contributed by atoms with E-state index in [9.17, 15) is 4.79 Å². The lowest BCUT2D eigenvalue weighted by Gasteiger charge is -2.18. The summed E-state index contributed by atoms with van der Waals surface area (Å²) in [7, 11) is 0. The first-order chi connectivity index (χ1) is 13.3. The largest absolute Gasteiger partial charge is 0.493 e. The molecule has 0 saturated heterocycles. The van der Waals surface area contributed by atoms with E-state index in [0.717, 1.165) is 26.0 Å². The molecular weight excluding hydrogens is 436 g/mol. The number of fused-ring (bicyclic) bond motifs is 1. The predicted molar refractivity (Wildman–Crippen MR) is 121 cm³/mol. The zero-order chi connectivity index (χ0) is 20.3. The number of halogens is 1. The Bertz CT molecular complexity index is 1030. The van der Waals surface area contributed by atoms with Gasteiger partial charge < -0.3 is 4.74 Å². The van der Waals surface area contributed by atoms with Crippen molar-refractivity contribution in [3.63, 3.8) is 0 Å². The van der Waals surface area contributed by atoms with Crippen LogP contribution in [0.4, 0.5) is 5.13 Å². The maximum absolute atomic E-state index is 12.4.